The van der Waals surface area contributed by atoms with Crippen molar-refractivity contribution in [1.29, 1.82) is 0 Å². The highest BCUT2D eigenvalue weighted by atomic mass is 19.1. The summed E-state index contributed by atoms with van der Waals surface area (Å²) in [6, 6.07) is 4.21. The van der Waals surface area contributed by atoms with Crippen molar-refractivity contribution < 1.29 is 24.1 Å². The number of carbonyl (C=O) groups excluding carboxylic acids is 3. The minimum Gasteiger partial charge on any atom is -0.354 e. The first-order valence-corrected chi connectivity index (χ1v) is 8.52. The molecule has 0 saturated carbocycles. The first-order chi connectivity index (χ1) is 12.1. The van der Waals surface area contributed by atoms with Gasteiger partial charge in [0.25, 0.3) is 5.91 Å². The van der Waals surface area contributed by atoms with E-state index in [2.05, 4.69) is 10.6 Å². The van der Waals surface area contributed by atoms with E-state index in [0.717, 1.165) is 6.42 Å². The lowest BCUT2D eigenvalue weighted by molar-refractivity contribution is -0.665. The zero-order valence-corrected chi connectivity index (χ0v) is 13.8. The van der Waals surface area contributed by atoms with Crippen molar-refractivity contribution in [1.82, 2.24) is 15.5 Å². The van der Waals surface area contributed by atoms with Crippen molar-refractivity contribution in [3.63, 3.8) is 0 Å². The van der Waals surface area contributed by atoms with Gasteiger partial charge in [0, 0.05) is 12.1 Å². The van der Waals surface area contributed by atoms with Gasteiger partial charge in [0.2, 0.25) is 11.8 Å². The third kappa shape index (κ3) is 3.96. The molecule has 1 aromatic carbocycles. The summed E-state index contributed by atoms with van der Waals surface area (Å²) in [5.74, 6) is -1.40. The summed E-state index contributed by atoms with van der Waals surface area (Å²) in [5.41, 5.74) is 0.218. The predicted molar refractivity (Wildman–Crippen MR) is 87.1 cm³/mol. The second kappa shape index (κ2) is 7.60. The number of benzene rings is 1. The summed E-state index contributed by atoms with van der Waals surface area (Å²) in [7, 11) is 0. The first-order valence-electron chi connectivity index (χ1n) is 8.52. The van der Waals surface area contributed by atoms with Crippen LogP contribution in [0.5, 0.6) is 0 Å². The molecule has 4 N–H and O–H groups in total. The number of hydrogen-bond acceptors (Lipinski definition) is 3. The highest BCUT2D eigenvalue weighted by Crippen LogP contribution is 2.12. The van der Waals surface area contributed by atoms with Crippen molar-refractivity contribution in [2.75, 3.05) is 26.2 Å². The third-order valence-corrected chi connectivity index (χ3v) is 4.58. The van der Waals surface area contributed by atoms with Crippen LogP contribution < -0.4 is 16.0 Å². The molecule has 0 aromatic heterocycles. The highest BCUT2D eigenvalue weighted by Gasteiger charge is 2.37. The normalized spacial score (nSPS) is 23.7. The van der Waals surface area contributed by atoms with Crippen LogP contribution in [0.4, 0.5) is 4.39 Å². The summed E-state index contributed by atoms with van der Waals surface area (Å²) >= 11 is 0. The van der Waals surface area contributed by atoms with E-state index in [0.29, 0.717) is 32.6 Å². The Morgan fingerprint density at radius 3 is 2.96 bits per heavy atom. The van der Waals surface area contributed by atoms with Gasteiger partial charge in [-0.3, -0.25) is 14.4 Å². The molecule has 3 rings (SSSR count). The number of nitrogens with two attached hydrogens (primary N) is 1. The summed E-state index contributed by atoms with van der Waals surface area (Å²) < 4.78 is 13.4. The van der Waals surface area contributed by atoms with Crippen LogP contribution in [0.25, 0.3) is 0 Å². The quantitative estimate of drug-likeness (QED) is 0.627. The van der Waals surface area contributed by atoms with Crippen LogP contribution in [0.2, 0.25) is 0 Å². The van der Waals surface area contributed by atoms with Crippen LogP contribution in [0.15, 0.2) is 24.3 Å². The number of rotatable bonds is 3. The van der Waals surface area contributed by atoms with E-state index in [1.165, 1.54) is 29.2 Å². The van der Waals surface area contributed by atoms with E-state index in [1.54, 1.807) is 0 Å². The molecule has 2 heterocycles. The summed E-state index contributed by atoms with van der Waals surface area (Å²) in [6.07, 6.45) is 1.39. The fraction of sp³-hybridized carbons (Fsp3) is 0.471. The lowest BCUT2D eigenvalue weighted by Gasteiger charge is -2.34. The number of piperidine rings is 1. The van der Waals surface area contributed by atoms with Crippen molar-refractivity contribution in [3.05, 3.63) is 35.6 Å². The second-order valence-corrected chi connectivity index (χ2v) is 6.33. The van der Waals surface area contributed by atoms with E-state index < -0.39 is 17.9 Å². The predicted octanol–water partition coefficient (Wildman–Crippen LogP) is -1.39. The summed E-state index contributed by atoms with van der Waals surface area (Å²) in [4.78, 5) is 38.6. The molecule has 0 spiro atoms. The number of nitrogens with one attached hydrogen (secondary N) is 2. The zero-order valence-electron chi connectivity index (χ0n) is 13.8. The lowest BCUT2D eigenvalue weighted by Crippen LogP contribution is -2.93. The first kappa shape index (κ1) is 17.3. The van der Waals surface area contributed by atoms with Crippen molar-refractivity contribution >= 4 is 17.7 Å². The number of piperazine rings is 1. The van der Waals surface area contributed by atoms with E-state index in [-0.39, 0.29) is 23.3 Å². The van der Waals surface area contributed by atoms with E-state index >= 15 is 0 Å². The molecule has 2 aliphatic heterocycles. The average Bonchev–Trinajstić information content (AvgIpc) is 2.63. The highest BCUT2D eigenvalue weighted by molar-refractivity contribution is 5.98. The molecule has 1 aromatic rings. The van der Waals surface area contributed by atoms with Crippen LogP contribution in [0, 0.1) is 5.82 Å². The van der Waals surface area contributed by atoms with E-state index in [4.69, 9.17) is 0 Å². The zero-order chi connectivity index (χ0) is 17.8. The molecule has 0 aliphatic carbocycles. The van der Waals surface area contributed by atoms with Crippen LogP contribution in [-0.2, 0) is 9.59 Å². The van der Waals surface area contributed by atoms with Crippen molar-refractivity contribution in [2.24, 2.45) is 0 Å². The van der Waals surface area contributed by atoms with E-state index in [9.17, 15) is 18.8 Å². The Kier molecular flexibility index (Phi) is 5.28. The van der Waals surface area contributed by atoms with Gasteiger partial charge in [-0.1, -0.05) is 6.07 Å². The van der Waals surface area contributed by atoms with Gasteiger partial charge in [-0.2, -0.15) is 0 Å². The maximum atomic E-state index is 13.4. The van der Waals surface area contributed by atoms with Gasteiger partial charge >= 0.3 is 0 Å². The van der Waals surface area contributed by atoms with Crippen LogP contribution in [0.1, 0.15) is 23.2 Å². The second-order valence-electron chi connectivity index (χ2n) is 6.33. The SMILES string of the molecule is O=C1NCCC[C@@H]1NC(=O)[C@@H]1C[NH2+]CCN1C(=O)c1cccc(F)c1. The molecule has 0 bridgehead atoms. The van der Waals surface area contributed by atoms with Crippen LogP contribution in [0.3, 0.4) is 0 Å². The Morgan fingerprint density at radius 2 is 2.20 bits per heavy atom. The Hall–Kier alpha value is -2.48. The molecule has 2 aliphatic rings. The molecular weight excluding hydrogens is 327 g/mol. The van der Waals surface area contributed by atoms with Gasteiger partial charge in [-0.15, -0.1) is 0 Å². The number of nitrogens with zero attached hydrogens (tertiary/aromatic N) is 1. The van der Waals surface area contributed by atoms with Crippen LogP contribution in [-0.4, -0.2) is 60.9 Å². The molecule has 2 atom stereocenters. The largest absolute Gasteiger partial charge is 0.354 e. The minimum atomic E-state index is -0.681. The van der Waals surface area contributed by atoms with Crippen LogP contribution >= 0.6 is 0 Å². The van der Waals surface area contributed by atoms with Gasteiger partial charge in [0.05, 0.1) is 13.1 Å². The Morgan fingerprint density at radius 1 is 1.36 bits per heavy atom. The molecule has 7 nitrogen and oxygen atoms in total. The molecule has 3 amide bonds. The molecule has 25 heavy (non-hydrogen) atoms. The number of quaternary nitrogens is 1. The van der Waals surface area contributed by atoms with E-state index in [1.807, 2.05) is 5.32 Å². The molecule has 134 valence electrons. The molecule has 2 saturated heterocycles. The number of halogens is 1. The molecule has 2 fully saturated rings. The Labute approximate surface area is 144 Å². The Balaban J connectivity index is 1.72. The third-order valence-electron chi connectivity index (χ3n) is 4.58. The molecule has 8 heteroatoms. The number of carbonyl (C=O) groups is 3. The van der Waals surface area contributed by atoms with Gasteiger partial charge in [0.1, 0.15) is 18.4 Å². The standard InChI is InChI=1S/C17H21FN4O3/c18-12-4-1-3-11(9-12)17(25)22-8-7-19-10-14(22)16(24)21-13-5-2-6-20-15(13)23/h1,3-4,9,13-14,19H,2,5-8,10H2,(H,20,23)(H,21,24)/p+1/t13-,14-/m0/s1. The molecule has 0 radical (unpaired) electrons. The van der Waals surface area contributed by atoms with Crippen molar-refractivity contribution in [2.45, 2.75) is 24.9 Å². The molecular formula is C17H22FN4O3+. The van der Waals surface area contributed by atoms with Gasteiger partial charge < -0.3 is 20.9 Å². The summed E-state index contributed by atoms with van der Waals surface area (Å²) in [5, 5.41) is 7.43. The minimum absolute atomic E-state index is 0.192. The fourth-order valence-electron chi connectivity index (χ4n) is 3.25. The summed E-state index contributed by atoms with van der Waals surface area (Å²) in [6.45, 7) is 2.10. The topological polar surface area (TPSA) is 95.1 Å². The van der Waals surface area contributed by atoms with Gasteiger partial charge in [-0.25, -0.2) is 4.39 Å². The fourth-order valence-corrected chi connectivity index (χ4v) is 3.25. The monoisotopic (exact) mass is 349 g/mol. The van der Waals surface area contributed by atoms with Crippen molar-refractivity contribution in [3.8, 4) is 0 Å². The smallest absolute Gasteiger partial charge is 0.255 e. The lowest BCUT2D eigenvalue weighted by atomic mass is 10.0. The van der Waals surface area contributed by atoms with Gasteiger partial charge in [0.15, 0.2) is 6.04 Å². The Bertz CT molecular complexity index is 682. The maximum Gasteiger partial charge on any atom is 0.255 e. The number of hydrogen-bond donors (Lipinski definition) is 3. The number of amides is 3. The van der Waals surface area contributed by atoms with Gasteiger partial charge in [-0.05, 0) is 31.0 Å². The maximum absolute atomic E-state index is 13.4. The average molecular weight is 349 g/mol. The molecule has 0 unspecified atom stereocenters.